The van der Waals surface area contributed by atoms with Gasteiger partial charge in [0.2, 0.25) is 0 Å². The van der Waals surface area contributed by atoms with Gasteiger partial charge in [-0.2, -0.15) is 0 Å². The number of hydrogen-bond donors (Lipinski definition) is 0. The number of piperidine rings is 1. The van der Waals surface area contributed by atoms with E-state index in [-0.39, 0.29) is 0 Å². The molecule has 0 bridgehead atoms. The number of ether oxygens (including phenoxy) is 1. The molecule has 4 heteroatoms. The Labute approximate surface area is 135 Å². The zero-order chi connectivity index (χ0) is 14.4. The van der Waals surface area contributed by atoms with Crippen molar-refractivity contribution in [1.29, 1.82) is 0 Å². The van der Waals surface area contributed by atoms with Crippen molar-refractivity contribution >= 4 is 27.5 Å². The van der Waals surface area contributed by atoms with E-state index in [1.54, 1.807) is 0 Å². The van der Waals surface area contributed by atoms with Gasteiger partial charge < -0.3 is 9.64 Å². The predicted octanol–water partition coefficient (Wildman–Crippen LogP) is 4.99. The van der Waals surface area contributed by atoms with Crippen LogP contribution in [0.5, 0.6) is 5.75 Å². The average Bonchev–Trinajstić information content (AvgIpc) is 2.41. The van der Waals surface area contributed by atoms with Crippen LogP contribution in [-0.4, -0.2) is 31.1 Å². The number of likely N-dealkylation sites (tertiary alicyclic amines) is 1. The monoisotopic (exact) mass is 359 g/mol. The Bertz CT molecular complexity index is 427. The normalized spacial score (nSPS) is 20.1. The zero-order valence-corrected chi connectivity index (χ0v) is 14.4. The molecule has 2 nitrogen and oxygen atoms in total. The molecule has 1 aromatic rings. The van der Waals surface area contributed by atoms with Gasteiger partial charge in [0.05, 0.1) is 11.6 Å². The predicted molar refractivity (Wildman–Crippen MR) is 88.7 cm³/mol. The number of nitrogens with zero attached hydrogens (tertiary/aromatic N) is 1. The first kappa shape index (κ1) is 16.1. The van der Waals surface area contributed by atoms with Crippen molar-refractivity contribution < 1.29 is 4.74 Å². The molecule has 20 heavy (non-hydrogen) atoms. The second-order valence-corrected chi connectivity index (χ2v) is 7.00. The summed E-state index contributed by atoms with van der Waals surface area (Å²) < 4.78 is 6.71. The summed E-state index contributed by atoms with van der Waals surface area (Å²) in [7, 11) is 0. The molecular formula is C16H23BrClNO. The lowest BCUT2D eigenvalue weighted by Gasteiger charge is -2.30. The minimum Gasteiger partial charge on any atom is -0.492 e. The molecule has 0 aromatic heterocycles. The molecule has 1 saturated heterocycles. The van der Waals surface area contributed by atoms with E-state index in [9.17, 15) is 0 Å². The maximum Gasteiger partial charge on any atom is 0.137 e. The van der Waals surface area contributed by atoms with Crippen molar-refractivity contribution in [2.75, 3.05) is 26.2 Å². The van der Waals surface area contributed by atoms with E-state index in [0.29, 0.717) is 5.02 Å². The highest BCUT2D eigenvalue weighted by atomic mass is 79.9. The first-order valence-electron chi connectivity index (χ1n) is 7.45. The van der Waals surface area contributed by atoms with Gasteiger partial charge in [-0.05, 0) is 62.9 Å². The van der Waals surface area contributed by atoms with E-state index in [2.05, 4.69) is 27.8 Å². The molecule has 0 amide bonds. The molecule has 1 fully saturated rings. The summed E-state index contributed by atoms with van der Waals surface area (Å²) in [4.78, 5) is 2.58. The largest absolute Gasteiger partial charge is 0.492 e. The summed E-state index contributed by atoms with van der Waals surface area (Å²) in [6.07, 6.45) is 5.02. The highest BCUT2D eigenvalue weighted by Gasteiger charge is 2.15. The number of hydrogen-bond acceptors (Lipinski definition) is 2. The summed E-state index contributed by atoms with van der Waals surface area (Å²) in [5.41, 5.74) is 0. The molecule has 0 N–H and O–H groups in total. The van der Waals surface area contributed by atoms with Gasteiger partial charge in [-0.3, -0.25) is 0 Å². The Morgan fingerprint density at radius 1 is 1.40 bits per heavy atom. The molecule has 0 spiro atoms. The Hall–Kier alpha value is -0.250. The molecular weight excluding hydrogens is 338 g/mol. The van der Waals surface area contributed by atoms with Crippen molar-refractivity contribution in [2.45, 2.75) is 32.6 Å². The molecule has 2 rings (SSSR count). The number of halogens is 2. The van der Waals surface area contributed by atoms with Crippen molar-refractivity contribution in [1.82, 2.24) is 4.90 Å². The first-order valence-corrected chi connectivity index (χ1v) is 8.62. The summed E-state index contributed by atoms with van der Waals surface area (Å²) in [5, 5.41) is 0.671. The molecule has 1 atom stereocenters. The quantitative estimate of drug-likeness (QED) is 0.662. The lowest BCUT2D eigenvalue weighted by atomic mass is 10.0. The van der Waals surface area contributed by atoms with E-state index < -0.39 is 0 Å². The van der Waals surface area contributed by atoms with E-state index in [4.69, 9.17) is 16.3 Å². The van der Waals surface area contributed by atoms with Crippen LogP contribution < -0.4 is 4.74 Å². The minimum atomic E-state index is 0.671. The van der Waals surface area contributed by atoms with Crippen LogP contribution in [0.1, 0.15) is 32.6 Å². The molecule has 0 radical (unpaired) electrons. The second kappa shape index (κ2) is 8.26. The van der Waals surface area contributed by atoms with Crippen LogP contribution in [0.4, 0.5) is 0 Å². The highest BCUT2D eigenvalue weighted by Crippen LogP contribution is 2.27. The maximum absolute atomic E-state index is 6.12. The SMILES string of the molecule is CC1CCCN(CCCCOc2ccc(Br)cc2Cl)C1. The lowest BCUT2D eigenvalue weighted by Crippen LogP contribution is -2.35. The van der Waals surface area contributed by atoms with Gasteiger partial charge in [-0.1, -0.05) is 34.5 Å². The number of rotatable bonds is 6. The van der Waals surface area contributed by atoms with Crippen LogP contribution in [0.2, 0.25) is 5.02 Å². The van der Waals surface area contributed by atoms with E-state index in [1.807, 2.05) is 18.2 Å². The van der Waals surface area contributed by atoms with Gasteiger partial charge in [0.25, 0.3) is 0 Å². The number of benzene rings is 1. The van der Waals surface area contributed by atoms with E-state index in [0.717, 1.165) is 29.2 Å². The van der Waals surface area contributed by atoms with Crippen molar-refractivity contribution in [3.8, 4) is 5.75 Å². The van der Waals surface area contributed by atoms with Gasteiger partial charge >= 0.3 is 0 Å². The third-order valence-electron chi connectivity index (χ3n) is 3.76. The third-order valence-corrected chi connectivity index (χ3v) is 4.55. The fourth-order valence-electron chi connectivity index (χ4n) is 2.70. The lowest BCUT2D eigenvalue weighted by molar-refractivity contribution is 0.177. The molecule has 1 heterocycles. The molecule has 1 aromatic carbocycles. The maximum atomic E-state index is 6.12. The van der Waals surface area contributed by atoms with Gasteiger partial charge in [0.1, 0.15) is 5.75 Å². The van der Waals surface area contributed by atoms with Gasteiger partial charge in [0, 0.05) is 11.0 Å². The molecule has 1 unspecified atom stereocenters. The van der Waals surface area contributed by atoms with Crippen LogP contribution in [0.25, 0.3) is 0 Å². The Kier molecular flexibility index (Phi) is 6.66. The summed E-state index contributed by atoms with van der Waals surface area (Å²) in [5.74, 6) is 1.64. The molecule has 1 aliphatic heterocycles. The van der Waals surface area contributed by atoms with Crippen LogP contribution in [0, 0.1) is 5.92 Å². The molecule has 0 saturated carbocycles. The van der Waals surface area contributed by atoms with Crippen LogP contribution in [-0.2, 0) is 0 Å². The summed E-state index contributed by atoms with van der Waals surface area (Å²) in [6.45, 7) is 6.82. The average molecular weight is 361 g/mol. The Morgan fingerprint density at radius 2 is 2.25 bits per heavy atom. The smallest absolute Gasteiger partial charge is 0.137 e. The third kappa shape index (κ3) is 5.27. The van der Waals surface area contributed by atoms with Crippen molar-refractivity contribution in [2.24, 2.45) is 5.92 Å². The molecule has 112 valence electrons. The van der Waals surface area contributed by atoms with Crippen molar-refractivity contribution in [3.63, 3.8) is 0 Å². The van der Waals surface area contributed by atoms with Gasteiger partial charge in [-0.25, -0.2) is 0 Å². The number of unbranched alkanes of at least 4 members (excludes halogenated alkanes) is 1. The standard InChI is InChI=1S/C16H23BrClNO/c1-13-5-4-9-19(12-13)8-2-3-10-20-16-7-6-14(17)11-15(16)18/h6-7,11,13H,2-5,8-10,12H2,1H3. The van der Waals surface area contributed by atoms with Crippen LogP contribution in [0.3, 0.4) is 0 Å². The highest BCUT2D eigenvalue weighted by molar-refractivity contribution is 9.10. The summed E-state index contributed by atoms with van der Waals surface area (Å²) in [6, 6.07) is 5.74. The fourth-order valence-corrected chi connectivity index (χ4v) is 3.43. The Morgan fingerprint density at radius 3 is 3.00 bits per heavy atom. The van der Waals surface area contributed by atoms with Crippen LogP contribution in [0.15, 0.2) is 22.7 Å². The van der Waals surface area contributed by atoms with E-state index in [1.165, 1.54) is 38.9 Å². The first-order chi connectivity index (χ1) is 9.65. The zero-order valence-electron chi connectivity index (χ0n) is 12.1. The second-order valence-electron chi connectivity index (χ2n) is 5.68. The van der Waals surface area contributed by atoms with Crippen LogP contribution >= 0.6 is 27.5 Å². The summed E-state index contributed by atoms with van der Waals surface area (Å²) >= 11 is 9.51. The minimum absolute atomic E-state index is 0.671. The fraction of sp³-hybridized carbons (Fsp3) is 0.625. The van der Waals surface area contributed by atoms with Gasteiger partial charge in [-0.15, -0.1) is 0 Å². The topological polar surface area (TPSA) is 12.5 Å². The Balaban J connectivity index is 1.61. The van der Waals surface area contributed by atoms with E-state index >= 15 is 0 Å². The van der Waals surface area contributed by atoms with Gasteiger partial charge in [0.15, 0.2) is 0 Å². The van der Waals surface area contributed by atoms with Crippen molar-refractivity contribution in [3.05, 3.63) is 27.7 Å². The molecule has 1 aliphatic rings. The molecule has 0 aliphatic carbocycles.